The van der Waals surface area contributed by atoms with Gasteiger partial charge in [0.25, 0.3) is 5.91 Å². The average Bonchev–Trinajstić information content (AvgIpc) is 2.89. The van der Waals surface area contributed by atoms with E-state index in [1.54, 1.807) is 0 Å². The lowest BCUT2D eigenvalue weighted by Gasteiger charge is -2.12. The Morgan fingerprint density at radius 2 is 2.14 bits per heavy atom. The Balaban J connectivity index is 1.94. The smallest absolute Gasteiger partial charge is 0.267 e. The molecule has 2 rings (SSSR count). The number of aromatic amines is 1. The number of hydrogen-bond acceptors (Lipinski definition) is 2. The number of carbonyl (C=O) groups excluding carboxylic acids is 1. The molecule has 0 bridgehead atoms. The van der Waals surface area contributed by atoms with Gasteiger partial charge in [0.2, 0.25) is 0 Å². The molecule has 0 aliphatic heterocycles. The van der Waals surface area contributed by atoms with E-state index in [0.29, 0.717) is 11.4 Å². The number of para-hydroxylation sites is 1. The van der Waals surface area contributed by atoms with E-state index in [1.165, 1.54) is 19.3 Å². The van der Waals surface area contributed by atoms with Crippen LogP contribution >= 0.6 is 0 Å². The maximum Gasteiger partial charge on any atom is 0.267 e. The Morgan fingerprint density at radius 1 is 1.33 bits per heavy atom. The van der Waals surface area contributed by atoms with E-state index in [4.69, 9.17) is 5.73 Å². The van der Waals surface area contributed by atoms with E-state index in [0.717, 1.165) is 23.7 Å². The number of hydrogen-bond donors (Lipinski definition) is 3. The van der Waals surface area contributed by atoms with Crippen LogP contribution in [0, 0.1) is 0 Å². The van der Waals surface area contributed by atoms with E-state index >= 15 is 0 Å². The van der Waals surface area contributed by atoms with Crippen molar-refractivity contribution in [3.8, 4) is 0 Å². The molecule has 114 valence electrons. The number of nitrogens with one attached hydrogen (secondary N) is 2. The normalized spacial score (nSPS) is 12.5. The highest BCUT2D eigenvalue weighted by Crippen LogP contribution is 2.21. The topological polar surface area (TPSA) is 70.9 Å². The minimum atomic E-state index is -0.0615. The third-order valence-electron chi connectivity index (χ3n) is 3.80. The lowest BCUT2D eigenvalue weighted by atomic mass is 10.1. The highest BCUT2D eigenvalue weighted by atomic mass is 16.1. The highest BCUT2D eigenvalue weighted by Gasteiger charge is 2.13. The SMILES string of the molecule is CCCCCCC(C)NC(=O)c1cc2cccc(N)c2[nH]1. The van der Waals surface area contributed by atoms with Gasteiger partial charge in [-0.3, -0.25) is 4.79 Å². The number of rotatable bonds is 7. The van der Waals surface area contributed by atoms with E-state index in [2.05, 4.69) is 24.1 Å². The molecule has 0 fully saturated rings. The Labute approximate surface area is 126 Å². The second kappa shape index (κ2) is 7.16. The van der Waals surface area contributed by atoms with Gasteiger partial charge in [0.15, 0.2) is 0 Å². The van der Waals surface area contributed by atoms with Crippen LogP contribution in [-0.2, 0) is 0 Å². The molecule has 1 aromatic heterocycles. The summed E-state index contributed by atoms with van der Waals surface area (Å²) in [4.78, 5) is 15.4. The van der Waals surface area contributed by atoms with Gasteiger partial charge in [-0.2, -0.15) is 0 Å². The molecule has 0 aliphatic carbocycles. The third-order valence-corrected chi connectivity index (χ3v) is 3.80. The number of anilines is 1. The van der Waals surface area contributed by atoms with Crippen molar-refractivity contribution in [2.75, 3.05) is 5.73 Å². The van der Waals surface area contributed by atoms with E-state index in [1.807, 2.05) is 24.3 Å². The summed E-state index contributed by atoms with van der Waals surface area (Å²) in [6.45, 7) is 4.26. The summed E-state index contributed by atoms with van der Waals surface area (Å²) in [5.74, 6) is -0.0615. The number of carbonyl (C=O) groups is 1. The van der Waals surface area contributed by atoms with Crippen molar-refractivity contribution >= 4 is 22.5 Å². The van der Waals surface area contributed by atoms with Crippen molar-refractivity contribution in [3.05, 3.63) is 30.0 Å². The largest absolute Gasteiger partial charge is 0.397 e. The number of benzene rings is 1. The van der Waals surface area contributed by atoms with Gasteiger partial charge in [-0.1, -0.05) is 44.7 Å². The van der Waals surface area contributed by atoms with Crippen LogP contribution in [0.15, 0.2) is 24.3 Å². The first-order chi connectivity index (χ1) is 10.1. The Kier molecular flexibility index (Phi) is 5.26. The first kappa shape index (κ1) is 15.4. The van der Waals surface area contributed by atoms with Gasteiger partial charge >= 0.3 is 0 Å². The average molecular weight is 287 g/mol. The Morgan fingerprint density at radius 3 is 2.86 bits per heavy atom. The minimum absolute atomic E-state index is 0.0615. The molecular formula is C17H25N3O. The van der Waals surface area contributed by atoms with Gasteiger partial charge in [0.1, 0.15) is 5.69 Å². The summed E-state index contributed by atoms with van der Waals surface area (Å²) in [5.41, 5.74) is 7.97. The summed E-state index contributed by atoms with van der Waals surface area (Å²) in [6.07, 6.45) is 5.92. The summed E-state index contributed by atoms with van der Waals surface area (Å²) < 4.78 is 0. The van der Waals surface area contributed by atoms with Crippen molar-refractivity contribution < 1.29 is 4.79 Å². The summed E-state index contributed by atoms with van der Waals surface area (Å²) in [7, 11) is 0. The second-order valence-electron chi connectivity index (χ2n) is 5.72. The van der Waals surface area contributed by atoms with Gasteiger partial charge in [-0.25, -0.2) is 0 Å². The number of nitrogen functional groups attached to an aromatic ring is 1. The minimum Gasteiger partial charge on any atom is -0.397 e. The first-order valence-electron chi connectivity index (χ1n) is 7.80. The van der Waals surface area contributed by atoms with Crippen LogP contribution < -0.4 is 11.1 Å². The molecule has 4 heteroatoms. The van der Waals surface area contributed by atoms with Crippen LogP contribution in [0.5, 0.6) is 0 Å². The highest BCUT2D eigenvalue weighted by molar-refractivity contribution is 6.00. The quantitative estimate of drug-likeness (QED) is 0.535. The third kappa shape index (κ3) is 4.00. The molecule has 0 saturated carbocycles. The molecule has 21 heavy (non-hydrogen) atoms. The zero-order valence-electron chi connectivity index (χ0n) is 12.9. The van der Waals surface area contributed by atoms with Crippen molar-refractivity contribution in [2.24, 2.45) is 0 Å². The van der Waals surface area contributed by atoms with Crippen LogP contribution in [0.3, 0.4) is 0 Å². The molecule has 0 radical (unpaired) electrons. The van der Waals surface area contributed by atoms with Gasteiger partial charge in [-0.15, -0.1) is 0 Å². The molecule has 1 amide bonds. The van der Waals surface area contributed by atoms with E-state index in [9.17, 15) is 4.79 Å². The summed E-state index contributed by atoms with van der Waals surface area (Å²) in [5, 5.41) is 4.01. The molecule has 2 aromatic rings. The maximum absolute atomic E-state index is 12.2. The number of unbranched alkanes of at least 4 members (excludes halogenated alkanes) is 3. The Hall–Kier alpha value is -1.97. The van der Waals surface area contributed by atoms with E-state index in [-0.39, 0.29) is 11.9 Å². The van der Waals surface area contributed by atoms with Gasteiger partial charge < -0.3 is 16.0 Å². The standard InChI is InChI=1S/C17H25N3O/c1-3-4-5-6-8-12(2)19-17(21)15-11-13-9-7-10-14(18)16(13)20-15/h7,9-12,20H,3-6,8,18H2,1-2H3,(H,19,21). The first-order valence-corrected chi connectivity index (χ1v) is 7.80. The predicted molar refractivity (Wildman–Crippen MR) is 88.4 cm³/mol. The summed E-state index contributed by atoms with van der Waals surface area (Å²) in [6, 6.07) is 7.72. The molecule has 0 saturated heterocycles. The number of aromatic nitrogens is 1. The molecule has 4 nitrogen and oxygen atoms in total. The van der Waals surface area contributed by atoms with Crippen molar-refractivity contribution in [1.82, 2.24) is 10.3 Å². The van der Waals surface area contributed by atoms with Crippen LogP contribution in [0.1, 0.15) is 56.4 Å². The van der Waals surface area contributed by atoms with E-state index < -0.39 is 0 Å². The van der Waals surface area contributed by atoms with Crippen LogP contribution in [0.2, 0.25) is 0 Å². The molecule has 1 atom stereocenters. The molecule has 0 spiro atoms. The molecule has 1 unspecified atom stereocenters. The molecule has 1 heterocycles. The monoisotopic (exact) mass is 287 g/mol. The van der Waals surface area contributed by atoms with Crippen LogP contribution in [0.4, 0.5) is 5.69 Å². The fourth-order valence-electron chi connectivity index (χ4n) is 2.55. The van der Waals surface area contributed by atoms with Gasteiger partial charge in [0.05, 0.1) is 11.2 Å². The second-order valence-corrected chi connectivity index (χ2v) is 5.72. The molecular weight excluding hydrogens is 262 g/mol. The number of fused-ring (bicyclic) bond motifs is 1. The zero-order chi connectivity index (χ0) is 15.2. The van der Waals surface area contributed by atoms with Crippen molar-refractivity contribution in [3.63, 3.8) is 0 Å². The van der Waals surface area contributed by atoms with Crippen molar-refractivity contribution in [1.29, 1.82) is 0 Å². The molecule has 1 aromatic carbocycles. The Bertz CT molecular complexity index is 603. The molecule has 0 aliphatic rings. The maximum atomic E-state index is 12.2. The van der Waals surface area contributed by atoms with Crippen LogP contribution in [0.25, 0.3) is 10.9 Å². The van der Waals surface area contributed by atoms with Crippen molar-refractivity contribution in [2.45, 2.75) is 52.0 Å². The molecule has 4 N–H and O–H groups in total. The number of amides is 1. The fraction of sp³-hybridized carbons (Fsp3) is 0.471. The fourth-order valence-corrected chi connectivity index (χ4v) is 2.55. The lowest BCUT2D eigenvalue weighted by molar-refractivity contribution is 0.0933. The number of nitrogens with two attached hydrogens (primary N) is 1. The predicted octanol–water partition coefficient (Wildman–Crippen LogP) is 3.84. The number of H-pyrrole nitrogens is 1. The summed E-state index contributed by atoms with van der Waals surface area (Å²) >= 11 is 0. The van der Waals surface area contributed by atoms with Crippen LogP contribution in [-0.4, -0.2) is 16.9 Å². The van der Waals surface area contributed by atoms with Gasteiger partial charge in [0, 0.05) is 11.4 Å². The van der Waals surface area contributed by atoms with Gasteiger partial charge in [-0.05, 0) is 25.5 Å². The lowest BCUT2D eigenvalue weighted by Crippen LogP contribution is -2.32. The zero-order valence-corrected chi connectivity index (χ0v) is 12.9.